The van der Waals surface area contributed by atoms with Crippen LogP contribution in [0.5, 0.6) is 5.75 Å². The number of halogens is 1. The Balaban J connectivity index is 1.23. The first-order chi connectivity index (χ1) is 23.1. The second-order valence-electron chi connectivity index (χ2n) is 14.5. The fourth-order valence-corrected chi connectivity index (χ4v) is 8.21. The van der Waals surface area contributed by atoms with Crippen LogP contribution in [0.2, 0.25) is 0 Å². The number of ether oxygens (including phenoxy) is 1. The molecule has 4 aromatic rings. The molecule has 3 heterocycles. The summed E-state index contributed by atoms with van der Waals surface area (Å²) in [6.07, 6.45) is 6.14. The number of hydrogen-bond acceptors (Lipinski definition) is 6. The highest BCUT2D eigenvalue weighted by atomic mass is 19.1. The highest BCUT2D eigenvalue weighted by Crippen LogP contribution is 2.61. The first-order valence-corrected chi connectivity index (χ1v) is 17.2. The van der Waals surface area contributed by atoms with Crippen molar-refractivity contribution in [2.24, 2.45) is 28.2 Å². The molecule has 2 N–H and O–H groups in total. The Morgan fingerprint density at radius 1 is 1.17 bits per heavy atom. The number of piperazine rings is 1. The summed E-state index contributed by atoms with van der Waals surface area (Å²) >= 11 is 0. The zero-order chi connectivity index (χ0) is 33.6. The zero-order valence-electron chi connectivity index (χ0n) is 28.5. The molecule has 0 spiro atoms. The van der Waals surface area contributed by atoms with Crippen LogP contribution in [0.15, 0.2) is 70.7 Å². The summed E-state index contributed by atoms with van der Waals surface area (Å²) in [5.41, 5.74) is 2.86. The van der Waals surface area contributed by atoms with Crippen LogP contribution in [-0.4, -0.2) is 64.2 Å². The minimum atomic E-state index is -0.366. The molecule has 8 rings (SSSR count). The molecule has 9 nitrogen and oxygen atoms in total. The van der Waals surface area contributed by atoms with E-state index in [0.29, 0.717) is 57.8 Å². The lowest BCUT2D eigenvalue weighted by Crippen LogP contribution is -2.57. The molecule has 0 amide bonds. The predicted octanol–water partition coefficient (Wildman–Crippen LogP) is 5.98. The van der Waals surface area contributed by atoms with Gasteiger partial charge in [-0.05, 0) is 91.3 Å². The number of aliphatic imine (C=N–C) groups is 1. The molecule has 2 aromatic heterocycles. The number of guanidine groups is 1. The van der Waals surface area contributed by atoms with E-state index in [0.717, 1.165) is 49.2 Å². The number of nitrogens with one attached hydrogen (secondary N) is 2. The molecule has 4 fully saturated rings. The third kappa shape index (κ3) is 6.06. The van der Waals surface area contributed by atoms with E-state index in [1.807, 2.05) is 30.3 Å². The van der Waals surface area contributed by atoms with E-state index in [2.05, 4.69) is 48.2 Å². The molecule has 0 radical (unpaired) electrons. The van der Waals surface area contributed by atoms with Gasteiger partial charge in [-0.15, -0.1) is 0 Å². The summed E-state index contributed by atoms with van der Waals surface area (Å²) in [6.45, 7) is 12.3. The Bertz CT molecular complexity index is 1890. The summed E-state index contributed by atoms with van der Waals surface area (Å²) in [5, 5.41) is 7.72. The van der Waals surface area contributed by atoms with Crippen LogP contribution in [0.3, 0.4) is 0 Å². The van der Waals surface area contributed by atoms with Gasteiger partial charge in [0.2, 0.25) is 0 Å². The van der Waals surface area contributed by atoms with Gasteiger partial charge in [-0.3, -0.25) is 14.3 Å². The molecule has 10 heteroatoms. The molecule has 2 aromatic carbocycles. The number of anilines is 1. The van der Waals surface area contributed by atoms with Crippen molar-refractivity contribution >= 4 is 22.5 Å². The lowest BCUT2D eigenvalue weighted by atomic mass is 9.45. The smallest absolute Gasteiger partial charge is 0.261 e. The van der Waals surface area contributed by atoms with Crippen molar-refractivity contribution in [2.45, 2.75) is 65.6 Å². The fraction of sp³-hybridized carbons (Fsp3) is 0.474. The van der Waals surface area contributed by atoms with Crippen LogP contribution < -0.4 is 20.9 Å². The third-order valence-electron chi connectivity index (χ3n) is 11.3. The van der Waals surface area contributed by atoms with Crippen LogP contribution in [0.1, 0.15) is 46.1 Å². The maximum absolute atomic E-state index is 14.8. The predicted molar refractivity (Wildman–Crippen MR) is 189 cm³/mol. The average Bonchev–Trinajstić information content (AvgIpc) is 3.08. The van der Waals surface area contributed by atoms with Gasteiger partial charge in [-0.2, -0.15) is 0 Å². The minimum absolute atomic E-state index is 0.179. The normalized spacial score (nSPS) is 25.1. The number of hydrogen-bond donors (Lipinski definition) is 2. The Labute approximate surface area is 281 Å². The van der Waals surface area contributed by atoms with Gasteiger partial charge >= 0.3 is 0 Å². The largest absolute Gasteiger partial charge is 0.497 e. The Morgan fingerprint density at radius 2 is 2.02 bits per heavy atom. The molecule has 0 unspecified atom stereocenters. The van der Waals surface area contributed by atoms with E-state index in [1.165, 1.54) is 19.6 Å². The number of methoxy groups -OCH3 is 1. The second kappa shape index (κ2) is 13.0. The van der Waals surface area contributed by atoms with Gasteiger partial charge in [-0.25, -0.2) is 14.4 Å². The lowest BCUT2D eigenvalue weighted by molar-refractivity contribution is -0.108. The van der Waals surface area contributed by atoms with Crippen LogP contribution in [-0.2, 0) is 13.0 Å². The summed E-state index contributed by atoms with van der Waals surface area (Å²) in [7, 11) is 1.51. The van der Waals surface area contributed by atoms with Crippen LogP contribution in [0.4, 0.5) is 10.1 Å². The van der Waals surface area contributed by atoms with Gasteiger partial charge in [0, 0.05) is 61.9 Å². The molecule has 48 heavy (non-hydrogen) atoms. The molecular formula is C38H46FN7O2. The van der Waals surface area contributed by atoms with Crippen molar-refractivity contribution in [1.29, 1.82) is 0 Å². The number of aryl methyl sites for hydroxylation is 1. The number of aromatic nitrogens is 3. The molecule has 2 bridgehead atoms. The first-order valence-electron chi connectivity index (χ1n) is 17.2. The monoisotopic (exact) mass is 651 g/mol. The summed E-state index contributed by atoms with van der Waals surface area (Å²) in [5.74, 6) is 3.41. The summed E-state index contributed by atoms with van der Waals surface area (Å²) in [6, 6.07) is 14.9. The van der Waals surface area contributed by atoms with E-state index in [-0.39, 0.29) is 24.0 Å². The maximum Gasteiger partial charge on any atom is 0.261 e. The molecular weight excluding hydrogens is 605 g/mol. The van der Waals surface area contributed by atoms with Crippen molar-refractivity contribution in [3.8, 4) is 17.1 Å². The van der Waals surface area contributed by atoms with Gasteiger partial charge < -0.3 is 20.3 Å². The molecule has 4 aliphatic rings. The quantitative estimate of drug-likeness (QED) is 0.188. The SMILES string of the molecule is COc1ccc(CCn2c(-c3cccnc3)nc3cc(NC(=N[C@H]4C[C@@H]5C[C@H]([C@@H]4C)C5(C)C)N4CCN[C@@H](C)C4)ccc3c2=O)c(F)c1. The summed E-state index contributed by atoms with van der Waals surface area (Å²) in [4.78, 5) is 31.2. The van der Waals surface area contributed by atoms with Crippen molar-refractivity contribution in [3.63, 3.8) is 0 Å². The van der Waals surface area contributed by atoms with E-state index < -0.39 is 0 Å². The summed E-state index contributed by atoms with van der Waals surface area (Å²) < 4.78 is 21.6. The van der Waals surface area contributed by atoms with E-state index in [1.54, 1.807) is 29.1 Å². The number of rotatable bonds is 7. The number of pyridine rings is 1. The second-order valence-corrected chi connectivity index (χ2v) is 14.5. The number of fused-ring (bicyclic) bond motifs is 3. The van der Waals surface area contributed by atoms with Crippen molar-refractivity contribution < 1.29 is 9.13 Å². The number of nitrogens with zero attached hydrogens (tertiary/aromatic N) is 5. The van der Waals surface area contributed by atoms with Gasteiger partial charge in [-0.1, -0.05) is 26.8 Å². The Kier molecular flexibility index (Phi) is 8.70. The third-order valence-corrected chi connectivity index (χ3v) is 11.3. The van der Waals surface area contributed by atoms with E-state index >= 15 is 0 Å². The molecule has 3 aliphatic carbocycles. The van der Waals surface area contributed by atoms with Crippen molar-refractivity contribution in [2.75, 3.05) is 32.1 Å². The van der Waals surface area contributed by atoms with Gasteiger partial charge in [0.05, 0.1) is 24.1 Å². The molecule has 252 valence electrons. The minimum Gasteiger partial charge on any atom is -0.497 e. The van der Waals surface area contributed by atoms with E-state index in [9.17, 15) is 9.18 Å². The lowest BCUT2D eigenvalue weighted by Gasteiger charge is -2.61. The molecule has 1 saturated heterocycles. The highest BCUT2D eigenvalue weighted by molar-refractivity contribution is 5.96. The zero-order valence-corrected chi connectivity index (χ0v) is 28.5. The van der Waals surface area contributed by atoms with Crippen LogP contribution in [0, 0.1) is 29.0 Å². The molecule has 5 atom stereocenters. The van der Waals surface area contributed by atoms with E-state index in [4.69, 9.17) is 14.7 Å². The number of benzene rings is 2. The average molecular weight is 652 g/mol. The van der Waals surface area contributed by atoms with Gasteiger partial charge in [0.15, 0.2) is 5.96 Å². The van der Waals surface area contributed by atoms with Crippen molar-refractivity contribution in [3.05, 3.63) is 82.7 Å². The van der Waals surface area contributed by atoms with Crippen molar-refractivity contribution in [1.82, 2.24) is 24.8 Å². The van der Waals surface area contributed by atoms with Gasteiger partial charge in [0.25, 0.3) is 5.56 Å². The molecule has 3 saturated carbocycles. The maximum atomic E-state index is 14.8. The first kappa shape index (κ1) is 32.2. The Morgan fingerprint density at radius 3 is 2.73 bits per heavy atom. The highest BCUT2D eigenvalue weighted by Gasteiger charge is 2.56. The van der Waals surface area contributed by atoms with Crippen LogP contribution in [0.25, 0.3) is 22.3 Å². The topological polar surface area (TPSA) is 96.7 Å². The van der Waals surface area contributed by atoms with Crippen LogP contribution >= 0.6 is 0 Å². The fourth-order valence-electron chi connectivity index (χ4n) is 8.21. The standard InChI is InChI=1S/C38H46FN7O2/c1-23-22-45(16-14-41-23)37(44-33-18-27-17-31(24(33)2)38(27,3)4)42-28-9-11-30-34(19-28)43-35(26-7-6-13-40-21-26)46(36(30)47)15-12-25-8-10-29(48-5)20-32(25)39/h6-11,13,19-21,23-24,27,31,33,41H,12,14-18,22H2,1-5H3,(H,42,44)/t23-,24-,27-,31+,33-/m0/s1. The van der Waals surface area contributed by atoms with Gasteiger partial charge in [0.1, 0.15) is 17.4 Å². The Hall–Kier alpha value is -4.31. The molecule has 1 aliphatic heterocycles.